The minimum atomic E-state index is 0.156. The summed E-state index contributed by atoms with van der Waals surface area (Å²) < 4.78 is 1.08. The Bertz CT molecular complexity index is 609. The number of nitrogens with zero attached hydrogens (tertiary/aromatic N) is 1. The number of carbonyl (C=O) groups excluding carboxylic acids is 1. The largest absolute Gasteiger partial charge is 0.295 e. The normalized spacial score (nSPS) is 10.8. The minimum Gasteiger partial charge on any atom is -0.295 e. The monoisotopic (exact) mass is 331 g/mol. The molecule has 0 bridgehead atoms. The molecule has 0 fully saturated rings. The van der Waals surface area contributed by atoms with Gasteiger partial charge in [0.2, 0.25) is 0 Å². The van der Waals surface area contributed by atoms with Crippen LogP contribution in [-0.2, 0) is 6.54 Å². The highest BCUT2D eigenvalue weighted by Gasteiger charge is 2.10. The van der Waals surface area contributed by atoms with Gasteiger partial charge in [0.25, 0.3) is 0 Å². The van der Waals surface area contributed by atoms with E-state index in [4.69, 9.17) is 0 Å². The molecular formula is C17H18BrNO. The van der Waals surface area contributed by atoms with E-state index >= 15 is 0 Å². The summed E-state index contributed by atoms with van der Waals surface area (Å²) in [7, 11) is 1.97. The molecule has 20 heavy (non-hydrogen) atoms. The van der Waals surface area contributed by atoms with Crippen LogP contribution in [0.15, 0.2) is 53.0 Å². The van der Waals surface area contributed by atoms with E-state index in [9.17, 15) is 4.79 Å². The van der Waals surface area contributed by atoms with Crippen molar-refractivity contribution in [1.29, 1.82) is 0 Å². The zero-order chi connectivity index (χ0) is 14.5. The van der Waals surface area contributed by atoms with Crippen molar-refractivity contribution in [2.75, 3.05) is 13.6 Å². The molecule has 2 aromatic carbocycles. The predicted octanol–water partition coefficient (Wildman–Crippen LogP) is 4.07. The third-order valence-corrected chi connectivity index (χ3v) is 3.93. The molecule has 0 unspecified atom stereocenters. The molecule has 0 aliphatic heterocycles. The van der Waals surface area contributed by atoms with Crippen molar-refractivity contribution < 1.29 is 4.79 Å². The summed E-state index contributed by atoms with van der Waals surface area (Å²) in [6.07, 6.45) is 0. The lowest BCUT2D eigenvalue weighted by Crippen LogP contribution is -2.25. The molecule has 0 radical (unpaired) electrons. The molecule has 0 aromatic heterocycles. The van der Waals surface area contributed by atoms with E-state index in [1.165, 1.54) is 5.56 Å². The number of rotatable bonds is 5. The zero-order valence-corrected chi connectivity index (χ0v) is 13.4. The summed E-state index contributed by atoms with van der Waals surface area (Å²) in [5.74, 6) is 0.156. The summed E-state index contributed by atoms with van der Waals surface area (Å²) in [5, 5.41) is 0. The van der Waals surface area contributed by atoms with Crippen LogP contribution in [0.2, 0.25) is 0 Å². The SMILES string of the molecule is Cc1cccc(C(=O)CN(C)Cc2ccccc2Br)c1. The number of halogens is 1. The second kappa shape index (κ2) is 6.82. The second-order valence-corrected chi connectivity index (χ2v) is 5.91. The molecular weight excluding hydrogens is 314 g/mol. The maximum atomic E-state index is 12.2. The second-order valence-electron chi connectivity index (χ2n) is 5.06. The molecule has 2 nitrogen and oxygen atoms in total. The fourth-order valence-corrected chi connectivity index (χ4v) is 2.54. The van der Waals surface area contributed by atoms with Crippen molar-refractivity contribution in [3.8, 4) is 0 Å². The Labute approximate surface area is 128 Å². The van der Waals surface area contributed by atoms with Crippen LogP contribution in [0.5, 0.6) is 0 Å². The molecule has 0 N–H and O–H groups in total. The van der Waals surface area contributed by atoms with E-state index in [1.54, 1.807) is 0 Å². The number of hydrogen-bond acceptors (Lipinski definition) is 2. The van der Waals surface area contributed by atoms with E-state index < -0.39 is 0 Å². The Morgan fingerprint density at radius 2 is 1.90 bits per heavy atom. The molecule has 0 saturated carbocycles. The number of aryl methyl sites for hydroxylation is 1. The Morgan fingerprint density at radius 3 is 2.60 bits per heavy atom. The predicted molar refractivity (Wildman–Crippen MR) is 86.0 cm³/mol. The van der Waals surface area contributed by atoms with Crippen LogP contribution in [-0.4, -0.2) is 24.3 Å². The van der Waals surface area contributed by atoms with Crippen LogP contribution in [0.3, 0.4) is 0 Å². The van der Waals surface area contributed by atoms with E-state index in [2.05, 4.69) is 22.0 Å². The number of ketones is 1. The molecule has 0 saturated heterocycles. The van der Waals surface area contributed by atoms with Crippen LogP contribution >= 0.6 is 15.9 Å². The van der Waals surface area contributed by atoms with E-state index in [0.29, 0.717) is 6.54 Å². The van der Waals surface area contributed by atoms with Crippen molar-refractivity contribution in [2.24, 2.45) is 0 Å². The van der Waals surface area contributed by atoms with E-state index in [0.717, 1.165) is 22.1 Å². The van der Waals surface area contributed by atoms with Crippen molar-refractivity contribution >= 4 is 21.7 Å². The van der Waals surface area contributed by atoms with E-state index in [-0.39, 0.29) is 5.78 Å². The number of hydrogen-bond donors (Lipinski definition) is 0. The maximum absolute atomic E-state index is 12.2. The van der Waals surface area contributed by atoms with Crippen LogP contribution in [0, 0.1) is 6.92 Å². The third-order valence-electron chi connectivity index (χ3n) is 3.15. The number of likely N-dealkylation sites (N-methyl/N-ethyl adjacent to an activating group) is 1. The summed E-state index contributed by atoms with van der Waals surface area (Å²) >= 11 is 3.53. The zero-order valence-electron chi connectivity index (χ0n) is 11.8. The maximum Gasteiger partial charge on any atom is 0.176 e. The van der Waals surface area contributed by atoms with E-state index in [1.807, 2.05) is 61.3 Å². The van der Waals surface area contributed by atoms with Crippen molar-refractivity contribution in [3.63, 3.8) is 0 Å². The molecule has 3 heteroatoms. The van der Waals surface area contributed by atoms with Crippen LogP contribution < -0.4 is 0 Å². The average Bonchev–Trinajstić information content (AvgIpc) is 2.41. The summed E-state index contributed by atoms with van der Waals surface area (Å²) in [4.78, 5) is 14.3. The van der Waals surface area contributed by atoms with Gasteiger partial charge < -0.3 is 0 Å². The standard InChI is InChI=1S/C17H18BrNO/c1-13-6-5-8-14(10-13)17(20)12-19(2)11-15-7-3-4-9-16(15)18/h3-10H,11-12H2,1-2H3. The molecule has 2 aromatic rings. The minimum absolute atomic E-state index is 0.156. The van der Waals surface area contributed by atoms with Gasteiger partial charge in [-0.15, -0.1) is 0 Å². The lowest BCUT2D eigenvalue weighted by molar-refractivity contribution is 0.0943. The molecule has 0 amide bonds. The van der Waals surface area contributed by atoms with Crippen molar-refractivity contribution in [2.45, 2.75) is 13.5 Å². The number of carbonyl (C=O) groups is 1. The number of benzene rings is 2. The Hall–Kier alpha value is -1.45. The van der Waals surface area contributed by atoms with Gasteiger partial charge in [0.1, 0.15) is 0 Å². The Balaban J connectivity index is 2.00. The summed E-state index contributed by atoms with van der Waals surface area (Å²) in [6.45, 7) is 3.17. The third kappa shape index (κ3) is 4.02. The van der Waals surface area contributed by atoms with Gasteiger partial charge in [0.15, 0.2) is 5.78 Å². The number of Topliss-reactive ketones (excluding diaryl/α,β-unsaturated/α-hetero) is 1. The van der Waals surface area contributed by atoms with Crippen LogP contribution in [0.1, 0.15) is 21.5 Å². The van der Waals surface area contributed by atoms with Crippen molar-refractivity contribution in [1.82, 2.24) is 4.90 Å². The molecule has 0 aliphatic carbocycles. The van der Waals surface area contributed by atoms with Gasteiger partial charge in [-0.05, 0) is 31.7 Å². The quantitative estimate of drug-likeness (QED) is 0.769. The van der Waals surface area contributed by atoms with Gasteiger partial charge in [0.05, 0.1) is 6.54 Å². The van der Waals surface area contributed by atoms with Gasteiger partial charge in [-0.25, -0.2) is 0 Å². The fourth-order valence-electron chi connectivity index (χ4n) is 2.13. The Morgan fingerprint density at radius 1 is 1.15 bits per heavy atom. The average molecular weight is 332 g/mol. The molecule has 0 atom stereocenters. The first-order chi connectivity index (χ1) is 9.56. The van der Waals surface area contributed by atoms with Crippen LogP contribution in [0.4, 0.5) is 0 Å². The molecule has 2 rings (SSSR count). The van der Waals surface area contributed by atoms with Gasteiger partial charge in [0, 0.05) is 16.6 Å². The first-order valence-electron chi connectivity index (χ1n) is 6.58. The first kappa shape index (κ1) is 14.9. The smallest absolute Gasteiger partial charge is 0.176 e. The summed E-state index contributed by atoms with van der Waals surface area (Å²) in [6, 6.07) is 15.8. The highest BCUT2D eigenvalue weighted by molar-refractivity contribution is 9.10. The lowest BCUT2D eigenvalue weighted by atomic mass is 10.1. The molecule has 0 aliphatic rings. The highest BCUT2D eigenvalue weighted by Crippen LogP contribution is 2.17. The van der Waals surface area contributed by atoms with Crippen molar-refractivity contribution in [3.05, 3.63) is 69.7 Å². The van der Waals surface area contributed by atoms with Gasteiger partial charge in [-0.2, -0.15) is 0 Å². The topological polar surface area (TPSA) is 20.3 Å². The lowest BCUT2D eigenvalue weighted by Gasteiger charge is -2.17. The highest BCUT2D eigenvalue weighted by atomic mass is 79.9. The molecule has 0 spiro atoms. The van der Waals surface area contributed by atoms with Gasteiger partial charge in [-0.1, -0.05) is 57.9 Å². The summed E-state index contributed by atoms with van der Waals surface area (Å²) in [5.41, 5.74) is 3.08. The van der Waals surface area contributed by atoms with Gasteiger partial charge >= 0.3 is 0 Å². The first-order valence-corrected chi connectivity index (χ1v) is 7.37. The molecule has 0 heterocycles. The van der Waals surface area contributed by atoms with Crippen LogP contribution in [0.25, 0.3) is 0 Å². The van der Waals surface area contributed by atoms with Gasteiger partial charge in [-0.3, -0.25) is 9.69 Å². The molecule has 104 valence electrons. The Kier molecular flexibility index (Phi) is 5.10. The fraction of sp³-hybridized carbons (Fsp3) is 0.235.